The first-order valence-electron chi connectivity index (χ1n) is 5.62. The zero-order valence-electron chi connectivity index (χ0n) is 9.44. The Hall–Kier alpha value is -0.990. The molecule has 2 nitrogen and oxygen atoms in total. The molecule has 1 atom stereocenters. The van der Waals surface area contributed by atoms with E-state index in [0.717, 1.165) is 13.0 Å². The Labute approximate surface area is 102 Å². The highest BCUT2D eigenvalue weighted by atomic mass is 35.5. The molecule has 2 heterocycles. The lowest BCUT2D eigenvalue weighted by Gasteiger charge is -2.22. The molecule has 1 aromatic carbocycles. The molecule has 3 heteroatoms. The molecule has 0 spiro atoms. The van der Waals surface area contributed by atoms with Crippen molar-refractivity contribution in [3.8, 4) is 0 Å². The summed E-state index contributed by atoms with van der Waals surface area (Å²) >= 11 is 0. The maximum atomic E-state index is 6.19. The van der Waals surface area contributed by atoms with Gasteiger partial charge in [-0.3, -0.25) is 0 Å². The van der Waals surface area contributed by atoms with Crippen LogP contribution in [0.25, 0.3) is 10.9 Å². The van der Waals surface area contributed by atoms with Crippen molar-refractivity contribution in [2.45, 2.75) is 32.4 Å². The predicted molar refractivity (Wildman–Crippen MR) is 70.1 cm³/mol. The van der Waals surface area contributed by atoms with Crippen molar-refractivity contribution in [1.29, 1.82) is 0 Å². The molecule has 16 heavy (non-hydrogen) atoms. The van der Waals surface area contributed by atoms with E-state index >= 15 is 0 Å². The average molecular weight is 237 g/mol. The summed E-state index contributed by atoms with van der Waals surface area (Å²) in [4.78, 5) is 0. The molecule has 0 saturated heterocycles. The van der Waals surface area contributed by atoms with Gasteiger partial charge in [0, 0.05) is 29.2 Å². The van der Waals surface area contributed by atoms with Crippen LogP contribution in [0.1, 0.15) is 30.1 Å². The summed E-state index contributed by atoms with van der Waals surface area (Å²) in [5.41, 5.74) is 10.3. The largest absolute Gasteiger partial charge is 0.343 e. The lowest BCUT2D eigenvalue weighted by molar-refractivity contribution is 0.469. The Balaban J connectivity index is 0.000000963. The second kappa shape index (κ2) is 4.11. The van der Waals surface area contributed by atoms with E-state index in [1.54, 1.807) is 0 Å². The van der Waals surface area contributed by atoms with Crippen LogP contribution in [0.2, 0.25) is 0 Å². The van der Waals surface area contributed by atoms with Crippen LogP contribution in [-0.4, -0.2) is 4.57 Å². The van der Waals surface area contributed by atoms with Crippen LogP contribution in [0.3, 0.4) is 0 Å². The van der Waals surface area contributed by atoms with Crippen molar-refractivity contribution in [2.24, 2.45) is 5.73 Å². The molecule has 0 radical (unpaired) electrons. The fourth-order valence-electron chi connectivity index (χ4n) is 2.82. The molecule has 86 valence electrons. The van der Waals surface area contributed by atoms with Gasteiger partial charge in [-0.25, -0.2) is 0 Å². The Morgan fingerprint density at radius 1 is 1.31 bits per heavy atom. The number of nitrogens with two attached hydrogens (primary N) is 1. The molecule has 0 amide bonds. The first kappa shape index (κ1) is 11.5. The molecule has 1 aromatic heterocycles. The number of benzene rings is 1. The Morgan fingerprint density at radius 3 is 2.88 bits per heavy atom. The molecule has 1 aliphatic heterocycles. The van der Waals surface area contributed by atoms with Gasteiger partial charge >= 0.3 is 0 Å². The summed E-state index contributed by atoms with van der Waals surface area (Å²) in [5, 5.41) is 1.37. The van der Waals surface area contributed by atoms with Crippen LogP contribution >= 0.6 is 12.4 Å². The summed E-state index contributed by atoms with van der Waals surface area (Å²) in [5.74, 6) is 0. The summed E-state index contributed by atoms with van der Waals surface area (Å²) in [6, 6.07) is 8.83. The fraction of sp³-hybridized carbons (Fsp3) is 0.385. The topological polar surface area (TPSA) is 30.9 Å². The number of aryl methyl sites for hydroxylation is 2. The first-order valence-corrected chi connectivity index (χ1v) is 5.62. The van der Waals surface area contributed by atoms with E-state index in [9.17, 15) is 0 Å². The number of nitrogens with zero attached hydrogens (tertiary/aromatic N) is 1. The number of aromatic nitrogens is 1. The monoisotopic (exact) mass is 236 g/mol. The molecular weight excluding hydrogens is 220 g/mol. The van der Waals surface area contributed by atoms with Crippen LogP contribution in [0.4, 0.5) is 0 Å². The normalized spacial score (nSPS) is 19.2. The predicted octanol–water partition coefficient (Wildman–Crippen LogP) is 3.17. The summed E-state index contributed by atoms with van der Waals surface area (Å²) in [6.07, 6.45) is 2.32. The molecule has 0 aliphatic carbocycles. The van der Waals surface area contributed by atoms with Gasteiger partial charge in [-0.1, -0.05) is 18.2 Å². The SMILES string of the molecule is Cc1c2n(c3ccccc13)CCCC2N.Cl. The third-order valence-electron chi connectivity index (χ3n) is 3.52. The standard InChI is InChI=1S/C13H16N2.ClH/c1-9-10-5-2-3-7-12(10)15-8-4-6-11(14)13(9)15;/h2-3,5,7,11H,4,6,8,14H2,1H3;1H. The lowest BCUT2D eigenvalue weighted by atomic mass is 10.0. The van der Waals surface area contributed by atoms with Gasteiger partial charge < -0.3 is 10.3 Å². The Morgan fingerprint density at radius 2 is 2.06 bits per heavy atom. The van der Waals surface area contributed by atoms with Gasteiger partial charge in [0.15, 0.2) is 0 Å². The van der Waals surface area contributed by atoms with Gasteiger partial charge in [0.1, 0.15) is 0 Å². The third kappa shape index (κ3) is 1.45. The molecule has 3 rings (SSSR count). The zero-order chi connectivity index (χ0) is 10.4. The average Bonchev–Trinajstić information content (AvgIpc) is 2.55. The van der Waals surface area contributed by atoms with Crippen LogP contribution in [0.15, 0.2) is 24.3 Å². The van der Waals surface area contributed by atoms with Gasteiger partial charge in [-0.15, -0.1) is 12.4 Å². The minimum absolute atomic E-state index is 0. The molecule has 2 N–H and O–H groups in total. The molecule has 2 aromatic rings. The quantitative estimate of drug-likeness (QED) is 0.749. The summed E-state index contributed by atoms with van der Waals surface area (Å²) in [7, 11) is 0. The van der Waals surface area contributed by atoms with E-state index in [-0.39, 0.29) is 18.4 Å². The summed E-state index contributed by atoms with van der Waals surface area (Å²) in [6.45, 7) is 3.32. The number of hydrogen-bond donors (Lipinski definition) is 1. The van der Waals surface area contributed by atoms with Crippen LogP contribution in [-0.2, 0) is 6.54 Å². The Kier molecular flexibility index (Phi) is 2.96. The number of para-hydroxylation sites is 1. The maximum Gasteiger partial charge on any atom is 0.0485 e. The smallest absolute Gasteiger partial charge is 0.0485 e. The van der Waals surface area contributed by atoms with Crippen molar-refractivity contribution < 1.29 is 0 Å². The number of hydrogen-bond acceptors (Lipinski definition) is 1. The maximum absolute atomic E-state index is 6.19. The number of rotatable bonds is 0. The van der Waals surface area contributed by atoms with E-state index in [1.165, 1.54) is 28.6 Å². The van der Waals surface area contributed by atoms with Crippen molar-refractivity contribution in [1.82, 2.24) is 4.57 Å². The third-order valence-corrected chi connectivity index (χ3v) is 3.52. The van der Waals surface area contributed by atoms with Gasteiger partial charge in [0.25, 0.3) is 0 Å². The zero-order valence-corrected chi connectivity index (χ0v) is 10.3. The van der Waals surface area contributed by atoms with Gasteiger partial charge in [0.2, 0.25) is 0 Å². The highest BCUT2D eigenvalue weighted by Gasteiger charge is 2.22. The second-order valence-corrected chi connectivity index (χ2v) is 4.43. The molecule has 0 bridgehead atoms. The van der Waals surface area contributed by atoms with Crippen LogP contribution < -0.4 is 5.73 Å². The molecule has 0 saturated carbocycles. The van der Waals surface area contributed by atoms with Gasteiger partial charge in [-0.2, -0.15) is 0 Å². The van der Waals surface area contributed by atoms with Crippen molar-refractivity contribution in [3.63, 3.8) is 0 Å². The lowest BCUT2D eigenvalue weighted by Crippen LogP contribution is -2.21. The Bertz CT molecular complexity index is 516. The number of halogens is 1. The molecular formula is C13H17ClN2. The number of fused-ring (bicyclic) bond motifs is 3. The van der Waals surface area contributed by atoms with Gasteiger partial charge in [0.05, 0.1) is 0 Å². The highest BCUT2D eigenvalue weighted by Crippen LogP contribution is 2.33. The minimum atomic E-state index is 0. The highest BCUT2D eigenvalue weighted by molar-refractivity contribution is 5.86. The van der Waals surface area contributed by atoms with Crippen molar-refractivity contribution in [2.75, 3.05) is 0 Å². The van der Waals surface area contributed by atoms with E-state index in [4.69, 9.17) is 5.73 Å². The van der Waals surface area contributed by atoms with Crippen molar-refractivity contribution in [3.05, 3.63) is 35.5 Å². The van der Waals surface area contributed by atoms with Crippen LogP contribution in [0, 0.1) is 6.92 Å². The van der Waals surface area contributed by atoms with Crippen LogP contribution in [0.5, 0.6) is 0 Å². The molecule has 1 aliphatic rings. The van der Waals surface area contributed by atoms with E-state index in [2.05, 4.69) is 35.8 Å². The molecule has 0 fully saturated rings. The van der Waals surface area contributed by atoms with E-state index < -0.39 is 0 Å². The van der Waals surface area contributed by atoms with E-state index in [0.29, 0.717) is 0 Å². The minimum Gasteiger partial charge on any atom is -0.343 e. The summed E-state index contributed by atoms with van der Waals surface area (Å²) < 4.78 is 2.40. The second-order valence-electron chi connectivity index (χ2n) is 4.43. The molecule has 1 unspecified atom stereocenters. The van der Waals surface area contributed by atoms with E-state index in [1.807, 2.05) is 0 Å². The first-order chi connectivity index (χ1) is 7.29. The van der Waals surface area contributed by atoms with Crippen molar-refractivity contribution >= 4 is 23.3 Å². The van der Waals surface area contributed by atoms with Gasteiger partial charge in [-0.05, 0) is 31.4 Å². The fourth-order valence-corrected chi connectivity index (χ4v) is 2.82.